The minimum atomic E-state index is -1.17. The number of hydrogen-bond donors (Lipinski definition) is 2. The molecule has 0 heterocycles. The lowest BCUT2D eigenvalue weighted by atomic mass is 9.90. The second kappa shape index (κ2) is 8.52. The summed E-state index contributed by atoms with van der Waals surface area (Å²) >= 11 is 0. The zero-order valence-electron chi connectivity index (χ0n) is 15.8. The molecule has 0 spiro atoms. The quantitative estimate of drug-likeness (QED) is 0.750. The summed E-state index contributed by atoms with van der Waals surface area (Å²) < 4.78 is 5.31. The Morgan fingerprint density at radius 3 is 2.31 bits per heavy atom. The predicted molar refractivity (Wildman–Crippen MR) is 103 cm³/mol. The summed E-state index contributed by atoms with van der Waals surface area (Å²) in [5.41, 5.74) is 1.62. The fourth-order valence-electron chi connectivity index (χ4n) is 2.47. The Hall–Kier alpha value is -2.82. The van der Waals surface area contributed by atoms with Gasteiger partial charge in [0, 0.05) is 12.2 Å². The summed E-state index contributed by atoms with van der Waals surface area (Å²) in [4.78, 5) is 25.0. The first-order chi connectivity index (χ1) is 12.3. The van der Waals surface area contributed by atoms with Gasteiger partial charge in [-0.05, 0) is 51.0 Å². The smallest absolute Gasteiger partial charge is 0.239 e. The Labute approximate surface area is 154 Å². The van der Waals surface area contributed by atoms with Gasteiger partial charge in [0.05, 0.1) is 7.11 Å². The Morgan fingerprint density at radius 1 is 1.00 bits per heavy atom. The van der Waals surface area contributed by atoms with E-state index in [1.165, 1.54) is 0 Å². The third-order valence-corrected chi connectivity index (χ3v) is 4.32. The first kappa shape index (κ1) is 19.5. The van der Waals surface area contributed by atoms with Crippen molar-refractivity contribution in [3.8, 4) is 5.75 Å². The number of carbonyl (C=O) groups excluding carboxylic acids is 2. The minimum Gasteiger partial charge on any atom is -0.496 e. The Balaban J connectivity index is 1.92. The Bertz CT molecular complexity index is 767. The molecule has 0 radical (unpaired) electrons. The molecule has 0 aliphatic heterocycles. The van der Waals surface area contributed by atoms with Crippen LogP contribution in [0.5, 0.6) is 5.75 Å². The van der Waals surface area contributed by atoms with E-state index in [-0.39, 0.29) is 11.8 Å². The molecule has 0 aliphatic rings. The Morgan fingerprint density at radius 2 is 1.65 bits per heavy atom. The van der Waals surface area contributed by atoms with E-state index in [1.807, 2.05) is 55.5 Å². The van der Waals surface area contributed by atoms with Gasteiger partial charge < -0.3 is 15.4 Å². The average Bonchev–Trinajstić information content (AvgIpc) is 2.63. The third kappa shape index (κ3) is 4.85. The van der Waals surface area contributed by atoms with Gasteiger partial charge in [-0.25, -0.2) is 0 Å². The fraction of sp³-hybridized carbons (Fsp3) is 0.333. The van der Waals surface area contributed by atoms with Crippen molar-refractivity contribution in [2.45, 2.75) is 27.2 Å². The monoisotopic (exact) mass is 354 g/mol. The lowest BCUT2D eigenvalue weighted by Gasteiger charge is -2.23. The van der Waals surface area contributed by atoms with Crippen molar-refractivity contribution in [1.82, 2.24) is 5.32 Å². The highest BCUT2D eigenvalue weighted by Gasteiger charge is 2.35. The van der Waals surface area contributed by atoms with E-state index in [9.17, 15) is 9.59 Å². The molecule has 5 heteroatoms. The summed E-state index contributed by atoms with van der Waals surface area (Å²) in [6, 6.07) is 15.1. The third-order valence-electron chi connectivity index (χ3n) is 4.32. The number of nitrogens with one attached hydrogen (secondary N) is 2. The molecule has 2 aromatic rings. The normalized spacial score (nSPS) is 10.9. The first-order valence-corrected chi connectivity index (χ1v) is 8.63. The summed E-state index contributed by atoms with van der Waals surface area (Å²) in [5.74, 6) is 0.145. The molecule has 2 amide bonds. The number of amides is 2. The second-order valence-electron chi connectivity index (χ2n) is 6.76. The lowest BCUT2D eigenvalue weighted by Crippen LogP contribution is -2.45. The number of para-hydroxylation sites is 1. The maximum Gasteiger partial charge on any atom is 0.239 e. The maximum absolute atomic E-state index is 12.5. The van der Waals surface area contributed by atoms with Crippen LogP contribution >= 0.6 is 0 Å². The molecule has 0 aromatic heterocycles. The van der Waals surface area contributed by atoms with Crippen molar-refractivity contribution in [3.05, 3.63) is 59.7 Å². The van der Waals surface area contributed by atoms with Gasteiger partial charge in [-0.3, -0.25) is 9.59 Å². The first-order valence-electron chi connectivity index (χ1n) is 8.63. The van der Waals surface area contributed by atoms with E-state index in [2.05, 4.69) is 10.6 Å². The molecule has 0 aliphatic carbocycles. The van der Waals surface area contributed by atoms with E-state index in [0.29, 0.717) is 18.7 Å². The zero-order chi connectivity index (χ0) is 19.2. The topological polar surface area (TPSA) is 67.4 Å². The summed E-state index contributed by atoms with van der Waals surface area (Å²) in [5, 5.41) is 5.64. The van der Waals surface area contributed by atoms with Gasteiger partial charge in [0.2, 0.25) is 11.8 Å². The Kier molecular flexibility index (Phi) is 6.39. The molecule has 0 bridgehead atoms. The highest BCUT2D eigenvalue weighted by molar-refractivity contribution is 6.09. The molecule has 0 fully saturated rings. The molecule has 2 aromatic carbocycles. The van der Waals surface area contributed by atoms with Gasteiger partial charge in [-0.15, -0.1) is 0 Å². The van der Waals surface area contributed by atoms with Crippen molar-refractivity contribution in [1.29, 1.82) is 0 Å². The number of hydrogen-bond acceptors (Lipinski definition) is 3. The van der Waals surface area contributed by atoms with Crippen LogP contribution in [0.2, 0.25) is 0 Å². The number of carbonyl (C=O) groups is 2. The van der Waals surface area contributed by atoms with Crippen LogP contribution in [0, 0.1) is 12.3 Å². The van der Waals surface area contributed by atoms with Crippen LogP contribution < -0.4 is 15.4 Å². The van der Waals surface area contributed by atoms with Crippen LogP contribution in [0.3, 0.4) is 0 Å². The summed E-state index contributed by atoms with van der Waals surface area (Å²) in [7, 11) is 1.62. The fourth-order valence-corrected chi connectivity index (χ4v) is 2.47. The highest BCUT2D eigenvalue weighted by Crippen LogP contribution is 2.20. The van der Waals surface area contributed by atoms with Crippen LogP contribution in [0.1, 0.15) is 25.0 Å². The molecule has 26 heavy (non-hydrogen) atoms. The number of rotatable bonds is 7. The standard InChI is InChI=1S/C21H26N2O3/c1-15-9-11-17(12-10-15)23-20(25)21(2,3)19(24)22-14-13-16-7-5-6-8-18(16)26-4/h5-12H,13-14H2,1-4H3,(H,22,24)(H,23,25). The molecule has 0 saturated heterocycles. The highest BCUT2D eigenvalue weighted by atomic mass is 16.5. The zero-order valence-corrected chi connectivity index (χ0v) is 15.8. The van der Waals surface area contributed by atoms with E-state index >= 15 is 0 Å². The lowest BCUT2D eigenvalue weighted by molar-refractivity contribution is -0.138. The van der Waals surface area contributed by atoms with Crippen molar-refractivity contribution < 1.29 is 14.3 Å². The molecular formula is C21H26N2O3. The van der Waals surface area contributed by atoms with Gasteiger partial charge in [-0.2, -0.15) is 0 Å². The van der Waals surface area contributed by atoms with E-state index in [4.69, 9.17) is 4.74 Å². The summed E-state index contributed by atoms with van der Waals surface area (Å²) in [6.45, 7) is 5.65. The number of methoxy groups -OCH3 is 1. The molecule has 0 atom stereocenters. The van der Waals surface area contributed by atoms with E-state index < -0.39 is 5.41 Å². The van der Waals surface area contributed by atoms with Gasteiger partial charge in [-0.1, -0.05) is 35.9 Å². The van der Waals surface area contributed by atoms with E-state index in [0.717, 1.165) is 16.9 Å². The van der Waals surface area contributed by atoms with Crippen molar-refractivity contribution in [2.75, 3.05) is 19.0 Å². The molecule has 2 rings (SSSR count). The van der Waals surface area contributed by atoms with Gasteiger partial charge in [0.15, 0.2) is 0 Å². The maximum atomic E-state index is 12.5. The average molecular weight is 354 g/mol. The van der Waals surface area contributed by atoms with Gasteiger partial charge in [0.25, 0.3) is 0 Å². The van der Waals surface area contributed by atoms with Crippen LogP contribution in [-0.4, -0.2) is 25.5 Å². The van der Waals surface area contributed by atoms with Crippen LogP contribution in [0.25, 0.3) is 0 Å². The molecule has 5 nitrogen and oxygen atoms in total. The van der Waals surface area contributed by atoms with Crippen molar-refractivity contribution in [2.24, 2.45) is 5.41 Å². The van der Waals surface area contributed by atoms with Gasteiger partial charge >= 0.3 is 0 Å². The number of ether oxygens (including phenoxy) is 1. The molecule has 0 unspecified atom stereocenters. The molecule has 138 valence electrons. The molecule has 2 N–H and O–H groups in total. The van der Waals surface area contributed by atoms with Crippen molar-refractivity contribution >= 4 is 17.5 Å². The molecular weight excluding hydrogens is 328 g/mol. The van der Waals surface area contributed by atoms with E-state index in [1.54, 1.807) is 21.0 Å². The number of aryl methyl sites for hydroxylation is 1. The van der Waals surface area contributed by atoms with Gasteiger partial charge in [0.1, 0.15) is 11.2 Å². The summed E-state index contributed by atoms with van der Waals surface area (Å²) in [6.07, 6.45) is 0.630. The van der Waals surface area contributed by atoms with Crippen molar-refractivity contribution in [3.63, 3.8) is 0 Å². The molecule has 0 saturated carbocycles. The SMILES string of the molecule is COc1ccccc1CCNC(=O)C(C)(C)C(=O)Nc1ccc(C)cc1. The largest absolute Gasteiger partial charge is 0.496 e. The minimum absolute atomic E-state index is 0.308. The second-order valence-corrected chi connectivity index (χ2v) is 6.76. The van der Waals surface area contributed by atoms with Crippen LogP contribution in [0.4, 0.5) is 5.69 Å². The van der Waals surface area contributed by atoms with Crippen LogP contribution in [-0.2, 0) is 16.0 Å². The van der Waals surface area contributed by atoms with Crippen LogP contribution in [0.15, 0.2) is 48.5 Å². The number of benzene rings is 2. The predicted octanol–water partition coefficient (Wildman–Crippen LogP) is 3.33. The number of anilines is 1.